The summed E-state index contributed by atoms with van der Waals surface area (Å²) in [6.45, 7) is 12.0. The highest BCUT2D eigenvalue weighted by molar-refractivity contribution is 6.45. The lowest BCUT2D eigenvalue weighted by molar-refractivity contribution is -0.120. The van der Waals surface area contributed by atoms with Crippen LogP contribution in [0.25, 0.3) is 5.57 Å². The second-order valence-corrected chi connectivity index (χ2v) is 8.93. The van der Waals surface area contributed by atoms with Crippen molar-refractivity contribution in [1.29, 1.82) is 0 Å². The van der Waals surface area contributed by atoms with Gasteiger partial charge in [-0.1, -0.05) is 31.2 Å². The first-order chi connectivity index (χ1) is 14.3. The average molecular weight is 403 g/mol. The lowest BCUT2D eigenvalue weighted by atomic mass is 9.96. The van der Waals surface area contributed by atoms with Crippen LogP contribution in [0.5, 0.6) is 0 Å². The zero-order chi connectivity index (χ0) is 21.6. The molecule has 2 aliphatic heterocycles. The van der Waals surface area contributed by atoms with Gasteiger partial charge < -0.3 is 4.90 Å². The Morgan fingerprint density at radius 2 is 1.50 bits per heavy atom. The van der Waals surface area contributed by atoms with Crippen LogP contribution in [-0.4, -0.2) is 29.8 Å². The molecular weight excluding hydrogens is 372 g/mol. The summed E-state index contributed by atoms with van der Waals surface area (Å²) in [7, 11) is 0. The predicted molar refractivity (Wildman–Crippen MR) is 121 cm³/mol. The largest absolute Gasteiger partial charge is 0.366 e. The van der Waals surface area contributed by atoms with Crippen molar-refractivity contribution in [2.75, 3.05) is 18.0 Å². The Morgan fingerprint density at radius 1 is 0.833 bits per heavy atom. The van der Waals surface area contributed by atoms with Gasteiger partial charge in [0.15, 0.2) is 0 Å². The summed E-state index contributed by atoms with van der Waals surface area (Å²) in [5.41, 5.74) is 7.09. The molecule has 1 saturated heterocycles. The SMILES string of the molecule is Cc1ccc(C2=C(N3CCCC(C)C3)C(=O)N(c3ccc(C)c(C)c3)C2=O)cc1C. The molecule has 0 saturated carbocycles. The number of nitrogens with zero attached hydrogens (tertiary/aromatic N) is 2. The van der Waals surface area contributed by atoms with E-state index in [1.54, 1.807) is 0 Å². The molecule has 2 heterocycles. The molecule has 0 spiro atoms. The van der Waals surface area contributed by atoms with Crippen LogP contribution in [0.15, 0.2) is 42.1 Å². The summed E-state index contributed by atoms with van der Waals surface area (Å²) in [6.07, 6.45) is 2.20. The summed E-state index contributed by atoms with van der Waals surface area (Å²) in [6, 6.07) is 11.8. The van der Waals surface area contributed by atoms with Gasteiger partial charge in [0.2, 0.25) is 0 Å². The fourth-order valence-electron chi connectivity index (χ4n) is 4.46. The van der Waals surface area contributed by atoms with Gasteiger partial charge in [-0.2, -0.15) is 0 Å². The average Bonchev–Trinajstić information content (AvgIpc) is 2.96. The Labute approximate surface area is 179 Å². The van der Waals surface area contributed by atoms with Crippen molar-refractivity contribution in [3.05, 3.63) is 69.9 Å². The molecule has 0 N–H and O–H groups in total. The minimum atomic E-state index is -0.222. The third-order valence-corrected chi connectivity index (χ3v) is 6.58. The number of hydrogen-bond donors (Lipinski definition) is 0. The Hall–Kier alpha value is -2.88. The van der Waals surface area contributed by atoms with Crippen molar-refractivity contribution in [3.8, 4) is 0 Å². The van der Waals surface area contributed by atoms with Crippen molar-refractivity contribution >= 4 is 23.1 Å². The summed E-state index contributed by atoms with van der Waals surface area (Å²) < 4.78 is 0. The van der Waals surface area contributed by atoms with Gasteiger partial charge in [0.1, 0.15) is 5.70 Å². The van der Waals surface area contributed by atoms with Gasteiger partial charge in [0.25, 0.3) is 11.8 Å². The van der Waals surface area contributed by atoms with Crippen molar-refractivity contribution in [1.82, 2.24) is 4.90 Å². The lowest BCUT2D eigenvalue weighted by Crippen LogP contribution is -2.39. The smallest absolute Gasteiger partial charge is 0.282 e. The highest BCUT2D eigenvalue weighted by Crippen LogP contribution is 2.37. The molecule has 2 amide bonds. The van der Waals surface area contributed by atoms with Crippen LogP contribution in [0.2, 0.25) is 0 Å². The monoisotopic (exact) mass is 402 g/mol. The summed E-state index contributed by atoms with van der Waals surface area (Å²) >= 11 is 0. The van der Waals surface area contributed by atoms with Crippen LogP contribution in [0, 0.1) is 33.6 Å². The Balaban J connectivity index is 1.85. The van der Waals surface area contributed by atoms with E-state index in [4.69, 9.17) is 0 Å². The molecule has 2 aromatic rings. The first-order valence-corrected chi connectivity index (χ1v) is 10.8. The number of hydrogen-bond acceptors (Lipinski definition) is 3. The van der Waals surface area contributed by atoms with E-state index in [-0.39, 0.29) is 11.8 Å². The standard InChI is InChI=1S/C26H30N2O2/c1-16-7-6-12-27(15-16)24-23(21-10-8-17(2)19(4)13-21)25(29)28(26(24)30)22-11-9-18(3)20(5)14-22/h8-11,13-14,16H,6-7,12,15H2,1-5H3. The summed E-state index contributed by atoms with van der Waals surface area (Å²) in [5.74, 6) is 0.0798. The zero-order valence-electron chi connectivity index (χ0n) is 18.6. The van der Waals surface area contributed by atoms with Crippen molar-refractivity contribution in [2.45, 2.75) is 47.5 Å². The highest BCUT2D eigenvalue weighted by atomic mass is 16.2. The molecule has 0 aromatic heterocycles. The van der Waals surface area contributed by atoms with Crippen LogP contribution < -0.4 is 4.90 Å². The molecular formula is C26H30N2O2. The number of carbonyl (C=O) groups is 2. The molecule has 4 nitrogen and oxygen atoms in total. The van der Waals surface area contributed by atoms with E-state index >= 15 is 0 Å². The number of likely N-dealkylation sites (tertiary alicyclic amines) is 1. The maximum absolute atomic E-state index is 13.7. The molecule has 156 valence electrons. The number of carbonyl (C=O) groups excluding carboxylic acids is 2. The van der Waals surface area contributed by atoms with E-state index in [0.717, 1.165) is 48.2 Å². The van der Waals surface area contributed by atoms with Gasteiger partial charge in [0, 0.05) is 13.1 Å². The van der Waals surface area contributed by atoms with Crippen LogP contribution in [0.3, 0.4) is 0 Å². The molecule has 1 unspecified atom stereocenters. The molecule has 0 aliphatic carbocycles. The third kappa shape index (κ3) is 3.45. The summed E-state index contributed by atoms with van der Waals surface area (Å²) in [4.78, 5) is 30.8. The Morgan fingerprint density at radius 3 is 2.13 bits per heavy atom. The summed E-state index contributed by atoms with van der Waals surface area (Å²) in [5, 5.41) is 0. The number of anilines is 1. The van der Waals surface area contributed by atoms with E-state index in [2.05, 4.69) is 18.7 Å². The second kappa shape index (κ2) is 7.75. The number of benzene rings is 2. The van der Waals surface area contributed by atoms with Gasteiger partial charge in [0.05, 0.1) is 11.3 Å². The van der Waals surface area contributed by atoms with E-state index < -0.39 is 0 Å². The zero-order valence-corrected chi connectivity index (χ0v) is 18.6. The van der Waals surface area contributed by atoms with E-state index in [0.29, 0.717) is 22.9 Å². The van der Waals surface area contributed by atoms with Crippen LogP contribution in [0.4, 0.5) is 5.69 Å². The maximum Gasteiger partial charge on any atom is 0.282 e. The molecule has 0 radical (unpaired) electrons. The van der Waals surface area contributed by atoms with Crippen molar-refractivity contribution in [2.24, 2.45) is 5.92 Å². The van der Waals surface area contributed by atoms with Gasteiger partial charge in [-0.15, -0.1) is 0 Å². The molecule has 0 bridgehead atoms. The quantitative estimate of drug-likeness (QED) is 0.683. The van der Waals surface area contributed by atoms with Crippen molar-refractivity contribution in [3.63, 3.8) is 0 Å². The first-order valence-electron chi connectivity index (χ1n) is 10.8. The molecule has 2 aliphatic rings. The van der Waals surface area contributed by atoms with E-state index in [9.17, 15) is 9.59 Å². The molecule has 1 fully saturated rings. The second-order valence-electron chi connectivity index (χ2n) is 8.93. The first kappa shape index (κ1) is 20.4. The van der Waals surface area contributed by atoms with E-state index in [1.807, 2.05) is 57.2 Å². The van der Waals surface area contributed by atoms with Crippen LogP contribution >= 0.6 is 0 Å². The Bertz CT molecular complexity index is 1070. The fraction of sp³-hybridized carbons (Fsp3) is 0.385. The van der Waals surface area contributed by atoms with Gasteiger partial charge in [-0.05, 0) is 86.4 Å². The number of imide groups is 1. The molecule has 30 heavy (non-hydrogen) atoms. The van der Waals surface area contributed by atoms with E-state index in [1.165, 1.54) is 10.5 Å². The van der Waals surface area contributed by atoms with Crippen LogP contribution in [0.1, 0.15) is 47.6 Å². The fourth-order valence-corrected chi connectivity index (χ4v) is 4.46. The number of piperidine rings is 1. The number of rotatable bonds is 3. The predicted octanol–water partition coefficient (Wildman–Crippen LogP) is 4.94. The number of amides is 2. The third-order valence-electron chi connectivity index (χ3n) is 6.58. The number of aryl methyl sites for hydroxylation is 4. The van der Waals surface area contributed by atoms with Gasteiger partial charge in [-0.25, -0.2) is 4.90 Å². The van der Waals surface area contributed by atoms with Crippen LogP contribution in [-0.2, 0) is 9.59 Å². The minimum absolute atomic E-state index is 0.203. The molecule has 1 atom stereocenters. The van der Waals surface area contributed by atoms with Crippen molar-refractivity contribution < 1.29 is 9.59 Å². The lowest BCUT2D eigenvalue weighted by Gasteiger charge is -2.33. The Kier molecular flexibility index (Phi) is 5.27. The van der Waals surface area contributed by atoms with Gasteiger partial charge >= 0.3 is 0 Å². The molecule has 4 rings (SSSR count). The topological polar surface area (TPSA) is 40.6 Å². The minimum Gasteiger partial charge on any atom is -0.366 e. The molecule has 4 heteroatoms. The highest BCUT2D eigenvalue weighted by Gasteiger charge is 2.43. The normalized spacial score (nSPS) is 19.8. The maximum atomic E-state index is 13.7. The molecule has 2 aromatic carbocycles. The van der Waals surface area contributed by atoms with Gasteiger partial charge in [-0.3, -0.25) is 9.59 Å².